The van der Waals surface area contributed by atoms with E-state index in [0.29, 0.717) is 11.1 Å². The molecule has 0 radical (unpaired) electrons. The number of benzene rings is 1. The highest BCUT2D eigenvalue weighted by Gasteiger charge is 2.05. The fraction of sp³-hybridized carbons (Fsp3) is 0.200. The monoisotopic (exact) mass is 193 g/mol. The highest BCUT2D eigenvalue weighted by molar-refractivity contribution is 5.94. The Bertz CT molecular complexity index is 360. The molecule has 0 heterocycles. The van der Waals surface area contributed by atoms with Crippen LogP contribution in [-0.2, 0) is 11.2 Å². The van der Waals surface area contributed by atoms with Gasteiger partial charge in [0.15, 0.2) is 0 Å². The zero-order valence-electron chi connectivity index (χ0n) is 7.78. The first kappa shape index (κ1) is 10.2. The number of amides is 1. The van der Waals surface area contributed by atoms with Crippen molar-refractivity contribution >= 4 is 11.9 Å². The Morgan fingerprint density at radius 1 is 1.43 bits per heavy atom. The lowest BCUT2D eigenvalue weighted by Crippen LogP contribution is -2.18. The summed E-state index contributed by atoms with van der Waals surface area (Å²) in [4.78, 5) is 21.6. The Hall–Kier alpha value is -1.84. The number of rotatable bonds is 3. The molecule has 1 aromatic carbocycles. The lowest BCUT2D eigenvalue weighted by atomic mass is 10.1. The van der Waals surface area contributed by atoms with Crippen molar-refractivity contribution in [3.8, 4) is 0 Å². The molecular formula is C10H11NO3. The molecule has 1 aromatic rings. The zero-order valence-corrected chi connectivity index (χ0v) is 7.78. The van der Waals surface area contributed by atoms with Crippen LogP contribution in [0.4, 0.5) is 0 Å². The minimum Gasteiger partial charge on any atom is -0.481 e. The Morgan fingerprint density at radius 2 is 2.14 bits per heavy atom. The standard InChI is InChI=1S/C10H11NO3/c1-11-10(14)8-4-2-3-7(5-8)6-9(12)13/h2-5H,6H2,1H3,(H,11,14)(H,12,13). The fourth-order valence-electron chi connectivity index (χ4n) is 1.14. The molecule has 0 aliphatic carbocycles. The normalized spacial score (nSPS) is 9.50. The topological polar surface area (TPSA) is 66.4 Å². The van der Waals surface area contributed by atoms with Gasteiger partial charge in [-0.25, -0.2) is 0 Å². The van der Waals surface area contributed by atoms with Crippen LogP contribution >= 0.6 is 0 Å². The maximum atomic E-state index is 11.2. The summed E-state index contributed by atoms with van der Waals surface area (Å²) in [5, 5.41) is 11.0. The van der Waals surface area contributed by atoms with E-state index in [1.807, 2.05) is 0 Å². The van der Waals surface area contributed by atoms with Crippen LogP contribution in [0.2, 0.25) is 0 Å². The van der Waals surface area contributed by atoms with E-state index in [1.54, 1.807) is 24.3 Å². The molecule has 74 valence electrons. The van der Waals surface area contributed by atoms with Gasteiger partial charge < -0.3 is 10.4 Å². The molecule has 0 spiro atoms. The van der Waals surface area contributed by atoms with E-state index < -0.39 is 5.97 Å². The van der Waals surface area contributed by atoms with E-state index in [4.69, 9.17) is 5.11 Å². The molecule has 4 heteroatoms. The minimum atomic E-state index is -0.904. The van der Waals surface area contributed by atoms with Gasteiger partial charge in [0, 0.05) is 12.6 Å². The van der Waals surface area contributed by atoms with Gasteiger partial charge in [-0.2, -0.15) is 0 Å². The summed E-state index contributed by atoms with van der Waals surface area (Å²) in [5.74, 6) is -1.11. The number of carbonyl (C=O) groups is 2. The summed E-state index contributed by atoms with van der Waals surface area (Å²) in [7, 11) is 1.53. The second-order valence-electron chi connectivity index (χ2n) is 2.85. The van der Waals surface area contributed by atoms with Gasteiger partial charge in [-0.05, 0) is 17.7 Å². The van der Waals surface area contributed by atoms with E-state index in [9.17, 15) is 9.59 Å². The van der Waals surface area contributed by atoms with Gasteiger partial charge in [-0.15, -0.1) is 0 Å². The number of hydrogen-bond donors (Lipinski definition) is 2. The van der Waals surface area contributed by atoms with Crippen molar-refractivity contribution in [2.45, 2.75) is 6.42 Å². The molecule has 1 amide bonds. The van der Waals surface area contributed by atoms with E-state index in [0.717, 1.165) is 0 Å². The third kappa shape index (κ3) is 2.58. The third-order valence-corrected chi connectivity index (χ3v) is 1.77. The number of aliphatic carboxylic acids is 1. The second kappa shape index (κ2) is 4.41. The summed E-state index contributed by atoms with van der Waals surface area (Å²) >= 11 is 0. The molecule has 0 aromatic heterocycles. The van der Waals surface area contributed by atoms with E-state index in [-0.39, 0.29) is 12.3 Å². The number of nitrogens with one attached hydrogen (secondary N) is 1. The first-order valence-electron chi connectivity index (χ1n) is 4.16. The lowest BCUT2D eigenvalue weighted by Gasteiger charge is -2.01. The maximum Gasteiger partial charge on any atom is 0.307 e. The summed E-state index contributed by atoms with van der Waals surface area (Å²) < 4.78 is 0. The molecule has 2 N–H and O–H groups in total. The zero-order chi connectivity index (χ0) is 10.6. The molecule has 0 saturated carbocycles. The molecule has 0 unspecified atom stereocenters. The lowest BCUT2D eigenvalue weighted by molar-refractivity contribution is -0.136. The van der Waals surface area contributed by atoms with Crippen LogP contribution in [0.3, 0.4) is 0 Å². The Labute approximate surface area is 81.6 Å². The minimum absolute atomic E-state index is 0.0646. The van der Waals surface area contributed by atoms with Crippen LogP contribution in [0.15, 0.2) is 24.3 Å². The Balaban J connectivity index is 2.89. The maximum absolute atomic E-state index is 11.2. The van der Waals surface area contributed by atoms with Gasteiger partial charge in [0.2, 0.25) is 0 Å². The van der Waals surface area contributed by atoms with Gasteiger partial charge in [0.25, 0.3) is 5.91 Å². The average molecular weight is 193 g/mol. The van der Waals surface area contributed by atoms with Gasteiger partial charge in [0.1, 0.15) is 0 Å². The summed E-state index contributed by atoms with van der Waals surface area (Å²) in [6.07, 6.45) is -0.0646. The Kier molecular flexibility index (Phi) is 3.23. The predicted molar refractivity (Wildman–Crippen MR) is 51.2 cm³/mol. The van der Waals surface area contributed by atoms with Crippen LogP contribution in [0, 0.1) is 0 Å². The van der Waals surface area contributed by atoms with Crippen LogP contribution in [0.5, 0.6) is 0 Å². The van der Waals surface area contributed by atoms with Crippen LogP contribution < -0.4 is 5.32 Å². The van der Waals surface area contributed by atoms with Crippen molar-refractivity contribution in [1.82, 2.24) is 5.32 Å². The largest absolute Gasteiger partial charge is 0.481 e. The molecule has 0 bridgehead atoms. The SMILES string of the molecule is CNC(=O)c1cccc(CC(=O)O)c1. The van der Waals surface area contributed by atoms with Crippen molar-refractivity contribution in [2.75, 3.05) is 7.05 Å². The van der Waals surface area contributed by atoms with Crippen molar-refractivity contribution in [2.24, 2.45) is 0 Å². The van der Waals surface area contributed by atoms with Gasteiger partial charge in [0.05, 0.1) is 6.42 Å². The quantitative estimate of drug-likeness (QED) is 0.741. The smallest absolute Gasteiger partial charge is 0.307 e. The first-order chi connectivity index (χ1) is 6.63. The predicted octanol–water partition coefficient (Wildman–Crippen LogP) is 0.673. The number of carbonyl (C=O) groups excluding carboxylic acids is 1. The van der Waals surface area contributed by atoms with Gasteiger partial charge >= 0.3 is 5.97 Å². The molecule has 14 heavy (non-hydrogen) atoms. The average Bonchev–Trinajstić information content (AvgIpc) is 2.16. The summed E-state index contributed by atoms with van der Waals surface area (Å²) in [5.41, 5.74) is 1.10. The van der Waals surface area contributed by atoms with Crippen molar-refractivity contribution < 1.29 is 14.7 Å². The van der Waals surface area contributed by atoms with Crippen LogP contribution in [-0.4, -0.2) is 24.0 Å². The number of carboxylic acid groups (broad SMARTS) is 1. The van der Waals surface area contributed by atoms with Crippen molar-refractivity contribution in [1.29, 1.82) is 0 Å². The van der Waals surface area contributed by atoms with Crippen LogP contribution in [0.1, 0.15) is 15.9 Å². The van der Waals surface area contributed by atoms with Crippen molar-refractivity contribution in [3.63, 3.8) is 0 Å². The first-order valence-corrected chi connectivity index (χ1v) is 4.16. The molecule has 1 rings (SSSR count). The van der Waals surface area contributed by atoms with Crippen LogP contribution in [0.25, 0.3) is 0 Å². The second-order valence-corrected chi connectivity index (χ2v) is 2.85. The fourth-order valence-corrected chi connectivity index (χ4v) is 1.14. The molecule has 0 fully saturated rings. The number of carboxylic acids is 1. The Morgan fingerprint density at radius 3 is 2.71 bits per heavy atom. The molecule has 0 saturated heterocycles. The molecule has 4 nitrogen and oxygen atoms in total. The van der Waals surface area contributed by atoms with E-state index in [1.165, 1.54) is 7.05 Å². The third-order valence-electron chi connectivity index (χ3n) is 1.77. The summed E-state index contributed by atoms with van der Waals surface area (Å²) in [6.45, 7) is 0. The molecule has 0 aliphatic heterocycles. The van der Waals surface area contributed by atoms with Gasteiger partial charge in [-0.3, -0.25) is 9.59 Å². The van der Waals surface area contributed by atoms with Gasteiger partial charge in [-0.1, -0.05) is 12.1 Å². The highest BCUT2D eigenvalue weighted by Crippen LogP contribution is 2.05. The molecule has 0 atom stereocenters. The molecule has 0 aliphatic rings. The summed E-state index contributed by atoms with van der Waals surface area (Å²) in [6, 6.07) is 6.57. The van der Waals surface area contributed by atoms with Crippen molar-refractivity contribution in [3.05, 3.63) is 35.4 Å². The highest BCUT2D eigenvalue weighted by atomic mass is 16.4. The van der Waals surface area contributed by atoms with E-state index in [2.05, 4.69) is 5.32 Å². The van der Waals surface area contributed by atoms with E-state index >= 15 is 0 Å². The molecular weight excluding hydrogens is 182 g/mol. The number of hydrogen-bond acceptors (Lipinski definition) is 2.